The molecule has 2 aromatic rings. The summed E-state index contributed by atoms with van der Waals surface area (Å²) in [5.41, 5.74) is 0.996. The zero-order valence-electron chi connectivity index (χ0n) is 20.2. The molecule has 0 N–H and O–H groups in total. The van der Waals surface area contributed by atoms with Gasteiger partial charge in [-0.15, -0.1) is 0 Å². The molecular formula is C25H30NaO5PS. The van der Waals surface area contributed by atoms with Crippen molar-refractivity contribution in [1.82, 2.24) is 0 Å². The Labute approximate surface area is 223 Å². The van der Waals surface area contributed by atoms with Crippen LogP contribution >= 0.6 is 19.6 Å². The fraction of sp³-hybridized carbons (Fsp3) is 0.440. The van der Waals surface area contributed by atoms with E-state index in [2.05, 4.69) is 27.7 Å². The molecule has 1 unspecified atom stereocenters. The molecule has 0 saturated heterocycles. The van der Waals surface area contributed by atoms with Crippen molar-refractivity contribution >= 4 is 31.4 Å². The van der Waals surface area contributed by atoms with Crippen LogP contribution in [0.25, 0.3) is 11.8 Å². The normalized spacial score (nSPS) is 20.7. The van der Waals surface area contributed by atoms with Crippen LogP contribution < -0.4 is 39.2 Å². The molecule has 1 fully saturated rings. The fourth-order valence-electron chi connectivity index (χ4n) is 4.95. The van der Waals surface area contributed by atoms with Crippen LogP contribution in [-0.4, -0.2) is 13.2 Å². The third kappa shape index (κ3) is 5.75. The summed E-state index contributed by atoms with van der Waals surface area (Å²) in [6.45, 7) is 8.26. The summed E-state index contributed by atoms with van der Waals surface area (Å²) >= 11 is 1.53. The average Bonchev–Trinajstić information content (AvgIpc) is 2.86. The van der Waals surface area contributed by atoms with E-state index in [0.717, 1.165) is 34.6 Å². The Morgan fingerprint density at radius 3 is 2.36 bits per heavy atom. The van der Waals surface area contributed by atoms with E-state index >= 15 is 0 Å². The first-order valence-electron chi connectivity index (χ1n) is 10.9. The van der Waals surface area contributed by atoms with E-state index in [4.69, 9.17) is 13.8 Å². The minimum atomic E-state index is -4.67. The van der Waals surface area contributed by atoms with Gasteiger partial charge >= 0.3 is 37.4 Å². The topological polar surface area (TPSA) is 67.8 Å². The van der Waals surface area contributed by atoms with Gasteiger partial charge in [0.2, 0.25) is 0 Å². The Bertz CT molecular complexity index is 1080. The third-order valence-corrected chi connectivity index (χ3v) is 8.49. The Morgan fingerprint density at radius 2 is 1.70 bits per heavy atom. The molecule has 0 bridgehead atoms. The third-order valence-electron chi connectivity index (χ3n) is 6.39. The van der Waals surface area contributed by atoms with Gasteiger partial charge in [-0.25, -0.2) is 0 Å². The maximum atomic E-state index is 13.2. The van der Waals surface area contributed by atoms with Crippen LogP contribution in [0.1, 0.15) is 58.1 Å². The van der Waals surface area contributed by atoms with Gasteiger partial charge in [0, 0.05) is 10.5 Å². The Morgan fingerprint density at radius 1 is 1.03 bits per heavy atom. The average molecular weight is 497 g/mol. The molecule has 5 nitrogen and oxygen atoms in total. The van der Waals surface area contributed by atoms with Gasteiger partial charge in [0.1, 0.15) is 11.5 Å². The predicted molar refractivity (Wildman–Crippen MR) is 126 cm³/mol. The van der Waals surface area contributed by atoms with E-state index in [1.807, 2.05) is 42.5 Å². The number of phosphoric acid groups is 1. The number of hydrogen-bond donors (Lipinski definition) is 0. The molecule has 4 rings (SSSR count). The van der Waals surface area contributed by atoms with Crippen molar-refractivity contribution in [3.8, 4) is 5.75 Å². The summed E-state index contributed by atoms with van der Waals surface area (Å²) in [6.07, 6.45) is 4.17. The number of methoxy groups -OCH3 is 1. The standard InChI is InChI=1S/C25H31O5PS.Na/c1-24(2)14-9-15-25(3,4)23(24)30-31(26,27)29-20-16-17-10-6-7-13-21(17)32-22-18(20)11-8-12-19(22)28-5;/h6-8,10-13,16,23H,9,14-15H2,1-5H3,(H,26,27);/q;+1/p-1. The molecule has 1 atom stereocenters. The van der Waals surface area contributed by atoms with Crippen molar-refractivity contribution in [2.75, 3.05) is 7.11 Å². The van der Waals surface area contributed by atoms with Gasteiger partial charge in [-0.3, -0.25) is 4.57 Å². The van der Waals surface area contributed by atoms with Gasteiger partial charge in [0.25, 0.3) is 0 Å². The maximum Gasteiger partial charge on any atom is 1.00 e. The molecule has 1 aliphatic carbocycles. The van der Waals surface area contributed by atoms with Gasteiger partial charge in [0.15, 0.2) is 0 Å². The second kappa shape index (κ2) is 10.1. The first-order valence-corrected chi connectivity index (χ1v) is 13.2. The van der Waals surface area contributed by atoms with E-state index < -0.39 is 13.9 Å². The van der Waals surface area contributed by atoms with Crippen LogP contribution in [0.3, 0.4) is 0 Å². The van der Waals surface area contributed by atoms with E-state index in [-0.39, 0.29) is 46.1 Å². The molecular weight excluding hydrogens is 466 g/mol. The van der Waals surface area contributed by atoms with Gasteiger partial charge in [-0.1, -0.05) is 70.1 Å². The number of hydrogen-bond acceptors (Lipinski definition) is 6. The first kappa shape index (κ1) is 26.9. The predicted octanol–water partition coefficient (Wildman–Crippen LogP) is 3.77. The van der Waals surface area contributed by atoms with Crippen molar-refractivity contribution < 1.29 is 52.8 Å². The zero-order valence-corrected chi connectivity index (χ0v) is 23.9. The number of phosphoric ester groups is 1. The van der Waals surface area contributed by atoms with E-state index in [1.54, 1.807) is 13.2 Å². The van der Waals surface area contributed by atoms with Crippen molar-refractivity contribution in [1.29, 1.82) is 0 Å². The van der Waals surface area contributed by atoms with Crippen molar-refractivity contribution in [2.24, 2.45) is 10.8 Å². The number of fused-ring (bicyclic) bond motifs is 2. The van der Waals surface area contributed by atoms with Crippen LogP contribution in [0.2, 0.25) is 0 Å². The quantitative estimate of drug-likeness (QED) is 0.464. The molecule has 8 heteroatoms. The molecule has 33 heavy (non-hydrogen) atoms. The first-order chi connectivity index (χ1) is 15.0. The molecule has 0 radical (unpaired) electrons. The van der Waals surface area contributed by atoms with Crippen molar-refractivity contribution in [2.45, 2.75) is 62.9 Å². The molecule has 2 aromatic carbocycles. The Hall–Kier alpha value is -0.720. The van der Waals surface area contributed by atoms with E-state index in [9.17, 15) is 9.46 Å². The van der Waals surface area contributed by atoms with E-state index in [0.29, 0.717) is 11.3 Å². The monoisotopic (exact) mass is 496 g/mol. The minimum absolute atomic E-state index is 0. The molecule has 1 aliphatic heterocycles. The summed E-state index contributed by atoms with van der Waals surface area (Å²) in [5, 5.41) is 0. The molecule has 172 valence electrons. The van der Waals surface area contributed by atoms with Gasteiger partial charge in [-0.2, -0.15) is 0 Å². The maximum absolute atomic E-state index is 13.2. The molecule has 1 saturated carbocycles. The summed E-state index contributed by atoms with van der Waals surface area (Å²) in [6, 6.07) is 13.3. The second-order valence-corrected chi connectivity index (χ2v) is 12.2. The molecule has 0 amide bonds. The molecule has 1 heterocycles. The van der Waals surface area contributed by atoms with Gasteiger partial charge in [0.05, 0.1) is 18.1 Å². The summed E-state index contributed by atoms with van der Waals surface area (Å²) < 4.78 is 30.3. The minimum Gasteiger partial charge on any atom is -0.746 e. The van der Waals surface area contributed by atoms with Gasteiger partial charge in [-0.05, 0) is 53.5 Å². The van der Waals surface area contributed by atoms with Crippen LogP contribution in [0.4, 0.5) is 0 Å². The summed E-state index contributed by atoms with van der Waals surface area (Å²) in [4.78, 5) is 15.0. The smallest absolute Gasteiger partial charge is 0.746 e. The van der Waals surface area contributed by atoms with Crippen LogP contribution in [0.15, 0.2) is 52.3 Å². The van der Waals surface area contributed by atoms with E-state index in [1.165, 1.54) is 11.8 Å². The van der Waals surface area contributed by atoms with Crippen LogP contribution in [0.5, 0.6) is 5.75 Å². The fourth-order valence-corrected chi connectivity index (χ4v) is 7.35. The summed E-state index contributed by atoms with van der Waals surface area (Å²) in [5.74, 6) is 0.899. The number of ether oxygens (including phenoxy) is 1. The summed E-state index contributed by atoms with van der Waals surface area (Å²) in [7, 11) is -3.06. The molecule has 0 aromatic heterocycles. The number of rotatable bonds is 5. The molecule has 2 aliphatic rings. The van der Waals surface area contributed by atoms with Crippen molar-refractivity contribution in [3.05, 3.63) is 53.6 Å². The Balaban J connectivity index is 0.00000306. The van der Waals surface area contributed by atoms with Crippen LogP contribution in [0, 0.1) is 10.8 Å². The largest absolute Gasteiger partial charge is 1.00 e. The second-order valence-electron chi connectivity index (χ2n) is 9.84. The van der Waals surface area contributed by atoms with Gasteiger partial charge < -0.3 is 18.7 Å². The van der Waals surface area contributed by atoms with Crippen molar-refractivity contribution in [3.63, 3.8) is 0 Å². The number of benzene rings is 2. The molecule has 0 spiro atoms. The Kier molecular flexibility index (Phi) is 8.23. The van der Waals surface area contributed by atoms with Crippen LogP contribution in [-0.2, 0) is 13.6 Å². The SMILES string of the molecule is COc1cccc2c1Sc1ccccc1C=C2OP(=O)([O-])OC1C(C)(C)CCCC1(C)C.[Na+]. The zero-order chi connectivity index (χ0) is 23.1.